The summed E-state index contributed by atoms with van der Waals surface area (Å²) in [7, 11) is 0. The van der Waals surface area contributed by atoms with Crippen LogP contribution in [-0.2, 0) is 9.47 Å². The van der Waals surface area contributed by atoms with Crippen LogP contribution in [-0.4, -0.2) is 50.1 Å². The number of benzene rings is 1. The van der Waals surface area contributed by atoms with Gasteiger partial charge in [0.05, 0.1) is 48.7 Å². The van der Waals surface area contributed by atoms with E-state index >= 15 is 0 Å². The highest BCUT2D eigenvalue weighted by molar-refractivity contribution is 5.85. The summed E-state index contributed by atoms with van der Waals surface area (Å²) in [4.78, 5) is 9.33. The van der Waals surface area contributed by atoms with Gasteiger partial charge in [0.15, 0.2) is 5.65 Å². The van der Waals surface area contributed by atoms with Gasteiger partial charge in [-0.2, -0.15) is 5.10 Å². The average molecular weight is 375 g/mol. The fraction of sp³-hybridized carbons (Fsp3) is 0.286. The van der Waals surface area contributed by atoms with Crippen LogP contribution in [0, 0.1) is 0 Å². The van der Waals surface area contributed by atoms with E-state index in [0.29, 0.717) is 19.8 Å². The molecule has 1 saturated heterocycles. The van der Waals surface area contributed by atoms with Gasteiger partial charge in [0.25, 0.3) is 0 Å². The molecule has 0 saturated carbocycles. The first-order valence-corrected chi connectivity index (χ1v) is 9.47. The van der Waals surface area contributed by atoms with E-state index in [1.165, 1.54) is 0 Å². The predicted molar refractivity (Wildman–Crippen MR) is 105 cm³/mol. The standard InChI is InChI=1S/C21H21N5O2/c1-2-28-18-13-27-12-17(18)25-14-23-19(15-7-4-3-5-8-15)20(25)16-11-24-26-10-6-9-22-21(16)26/h3-11,14,17-18H,2,12-13H2,1H3/t17-,18-/m1/s1. The van der Waals surface area contributed by atoms with Gasteiger partial charge in [-0.3, -0.25) is 0 Å². The number of imidazole rings is 1. The third-order valence-corrected chi connectivity index (χ3v) is 5.11. The molecule has 1 aliphatic rings. The fourth-order valence-corrected chi connectivity index (χ4v) is 3.84. The summed E-state index contributed by atoms with van der Waals surface area (Å²) < 4.78 is 15.6. The molecule has 7 heteroatoms. The highest BCUT2D eigenvalue weighted by atomic mass is 16.5. The lowest BCUT2D eigenvalue weighted by Crippen LogP contribution is -2.25. The molecule has 0 spiro atoms. The Balaban J connectivity index is 1.72. The van der Waals surface area contributed by atoms with Gasteiger partial charge in [0.1, 0.15) is 6.10 Å². The van der Waals surface area contributed by atoms with Crippen LogP contribution in [0.25, 0.3) is 28.2 Å². The van der Waals surface area contributed by atoms with Crippen molar-refractivity contribution in [3.63, 3.8) is 0 Å². The zero-order valence-electron chi connectivity index (χ0n) is 15.6. The number of nitrogens with zero attached hydrogens (tertiary/aromatic N) is 5. The van der Waals surface area contributed by atoms with Crippen LogP contribution in [0.1, 0.15) is 13.0 Å². The van der Waals surface area contributed by atoms with Gasteiger partial charge < -0.3 is 14.0 Å². The maximum Gasteiger partial charge on any atom is 0.164 e. The molecule has 7 nitrogen and oxygen atoms in total. The van der Waals surface area contributed by atoms with E-state index in [9.17, 15) is 0 Å². The van der Waals surface area contributed by atoms with E-state index in [1.807, 2.05) is 49.9 Å². The summed E-state index contributed by atoms with van der Waals surface area (Å²) in [5.74, 6) is 0. The number of hydrogen-bond donors (Lipinski definition) is 0. The average Bonchev–Trinajstić information content (AvgIpc) is 3.46. The van der Waals surface area contributed by atoms with E-state index in [1.54, 1.807) is 10.7 Å². The molecule has 3 aromatic heterocycles. The maximum atomic E-state index is 5.93. The minimum absolute atomic E-state index is 0.00336. The number of hydrogen-bond acceptors (Lipinski definition) is 5. The van der Waals surface area contributed by atoms with E-state index in [-0.39, 0.29) is 12.1 Å². The summed E-state index contributed by atoms with van der Waals surface area (Å²) in [5, 5.41) is 4.48. The van der Waals surface area contributed by atoms with E-state index in [0.717, 1.165) is 28.2 Å². The molecule has 0 aliphatic carbocycles. The fourth-order valence-electron chi connectivity index (χ4n) is 3.84. The summed E-state index contributed by atoms with van der Waals surface area (Å²) in [5.41, 5.74) is 4.69. The quantitative estimate of drug-likeness (QED) is 0.536. The van der Waals surface area contributed by atoms with Gasteiger partial charge in [0.2, 0.25) is 0 Å². The highest BCUT2D eigenvalue weighted by Crippen LogP contribution is 2.37. The second-order valence-corrected chi connectivity index (χ2v) is 6.76. The zero-order valence-corrected chi connectivity index (χ0v) is 15.6. The van der Waals surface area contributed by atoms with Crippen LogP contribution in [0.3, 0.4) is 0 Å². The normalized spacial score (nSPS) is 19.5. The molecule has 142 valence electrons. The van der Waals surface area contributed by atoms with Crippen LogP contribution in [0.15, 0.2) is 61.3 Å². The molecule has 28 heavy (non-hydrogen) atoms. The van der Waals surface area contributed by atoms with E-state index in [4.69, 9.17) is 14.5 Å². The molecule has 0 radical (unpaired) electrons. The lowest BCUT2D eigenvalue weighted by molar-refractivity contribution is 0.0364. The molecule has 5 rings (SSSR count). The molecule has 1 aromatic carbocycles. The lowest BCUT2D eigenvalue weighted by atomic mass is 10.1. The van der Waals surface area contributed by atoms with Crippen molar-refractivity contribution >= 4 is 5.65 Å². The molecule has 4 aromatic rings. The van der Waals surface area contributed by atoms with E-state index < -0.39 is 0 Å². The van der Waals surface area contributed by atoms with Gasteiger partial charge in [0, 0.05) is 24.6 Å². The Hall–Kier alpha value is -3.03. The number of ether oxygens (including phenoxy) is 2. The Morgan fingerprint density at radius 3 is 2.89 bits per heavy atom. The van der Waals surface area contributed by atoms with Crippen molar-refractivity contribution in [3.8, 4) is 22.5 Å². The van der Waals surface area contributed by atoms with Gasteiger partial charge in [-0.25, -0.2) is 14.5 Å². The van der Waals surface area contributed by atoms with Crippen molar-refractivity contribution in [1.29, 1.82) is 0 Å². The van der Waals surface area contributed by atoms with Crippen molar-refractivity contribution in [3.05, 3.63) is 61.3 Å². The molecule has 0 amide bonds. The minimum Gasteiger partial charge on any atom is -0.376 e. The first kappa shape index (κ1) is 17.1. The summed E-state index contributed by atoms with van der Waals surface area (Å²) in [6.07, 6.45) is 7.42. The number of rotatable bonds is 5. The maximum absolute atomic E-state index is 5.93. The Morgan fingerprint density at radius 1 is 1.14 bits per heavy atom. The monoisotopic (exact) mass is 375 g/mol. The summed E-state index contributed by atoms with van der Waals surface area (Å²) >= 11 is 0. The second-order valence-electron chi connectivity index (χ2n) is 6.76. The molecule has 0 unspecified atom stereocenters. The van der Waals surface area contributed by atoms with Crippen molar-refractivity contribution in [1.82, 2.24) is 24.1 Å². The third-order valence-electron chi connectivity index (χ3n) is 5.11. The van der Waals surface area contributed by atoms with Crippen LogP contribution in [0.2, 0.25) is 0 Å². The second kappa shape index (κ2) is 7.18. The van der Waals surface area contributed by atoms with Crippen molar-refractivity contribution < 1.29 is 9.47 Å². The Labute approximate surface area is 162 Å². The first-order valence-electron chi connectivity index (χ1n) is 9.47. The number of fused-ring (bicyclic) bond motifs is 1. The Kier molecular flexibility index (Phi) is 4.38. The van der Waals surface area contributed by atoms with Crippen LogP contribution in [0.4, 0.5) is 0 Å². The predicted octanol–water partition coefficient (Wildman–Crippen LogP) is 3.24. The molecule has 1 aliphatic heterocycles. The molecule has 0 N–H and O–H groups in total. The topological polar surface area (TPSA) is 66.5 Å². The smallest absolute Gasteiger partial charge is 0.164 e. The minimum atomic E-state index is -0.00336. The van der Waals surface area contributed by atoms with Crippen LogP contribution < -0.4 is 0 Å². The Bertz CT molecular complexity index is 1090. The third kappa shape index (κ3) is 2.80. The van der Waals surface area contributed by atoms with Crippen LogP contribution in [0.5, 0.6) is 0 Å². The SMILES string of the molecule is CCO[C@@H]1COC[C@H]1n1cnc(-c2ccccc2)c1-c1cnn2cccnc12. The van der Waals surface area contributed by atoms with Gasteiger partial charge in [-0.15, -0.1) is 0 Å². The van der Waals surface area contributed by atoms with Gasteiger partial charge in [-0.05, 0) is 13.0 Å². The molecular formula is C21H21N5O2. The van der Waals surface area contributed by atoms with Gasteiger partial charge >= 0.3 is 0 Å². The first-order chi connectivity index (χ1) is 13.9. The summed E-state index contributed by atoms with van der Waals surface area (Å²) in [6.45, 7) is 3.84. The molecule has 1 fully saturated rings. The number of aromatic nitrogens is 5. The molecule has 4 heterocycles. The van der Waals surface area contributed by atoms with Crippen molar-refractivity contribution in [2.24, 2.45) is 0 Å². The van der Waals surface area contributed by atoms with Crippen molar-refractivity contribution in [2.75, 3.05) is 19.8 Å². The van der Waals surface area contributed by atoms with Crippen LogP contribution >= 0.6 is 0 Å². The summed E-state index contributed by atoms with van der Waals surface area (Å²) in [6, 6.07) is 12.1. The molecular weight excluding hydrogens is 354 g/mol. The van der Waals surface area contributed by atoms with E-state index in [2.05, 4.69) is 26.8 Å². The van der Waals surface area contributed by atoms with Crippen molar-refractivity contribution in [2.45, 2.75) is 19.1 Å². The highest BCUT2D eigenvalue weighted by Gasteiger charge is 2.33. The van der Waals surface area contributed by atoms with Gasteiger partial charge in [-0.1, -0.05) is 30.3 Å². The largest absolute Gasteiger partial charge is 0.376 e. The molecule has 0 bridgehead atoms. The lowest BCUT2D eigenvalue weighted by Gasteiger charge is -2.21. The molecule has 2 atom stereocenters. The zero-order chi connectivity index (χ0) is 18.9. The Morgan fingerprint density at radius 2 is 2.04 bits per heavy atom.